The number of fused-ring (bicyclic) bond motifs is 1. The molecule has 3 N–H and O–H groups in total. The molecule has 21 heavy (non-hydrogen) atoms. The fraction of sp³-hybridized carbons (Fsp3) is 0.333. The Morgan fingerprint density at radius 2 is 2.24 bits per heavy atom. The molecule has 1 aromatic carbocycles. The molecule has 1 aromatic heterocycles. The first-order valence-corrected chi connectivity index (χ1v) is 7.57. The Bertz CT molecular complexity index is 691. The minimum absolute atomic E-state index is 0.0314. The maximum Gasteiger partial charge on any atom is 0.172 e. The summed E-state index contributed by atoms with van der Waals surface area (Å²) >= 11 is 3.31. The third-order valence-corrected chi connectivity index (χ3v) is 4.34. The second-order valence-corrected chi connectivity index (χ2v) is 5.96. The molecular weight excluding hydrogens is 334 g/mol. The summed E-state index contributed by atoms with van der Waals surface area (Å²) in [4.78, 5) is 9.04. The molecule has 0 aliphatic heterocycles. The second-order valence-electron chi connectivity index (χ2n) is 5.10. The van der Waals surface area contributed by atoms with Crippen molar-refractivity contribution < 1.29 is 9.84 Å². The first-order valence-electron chi connectivity index (χ1n) is 6.78. The highest BCUT2D eigenvalue weighted by Crippen LogP contribution is 2.38. The van der Waals surface area contributed by atoms with Gasteiger partial charge in [0, 0.05) is 29.1 Å². The van der Waals surface area contributed by atoms with Crippen LogP contribution in [0.1, 0.15) is 30.1 Å². The van der Waals surface area contributed by atoms with Crippen molar-refractivity contribution in [3.63, 3.8) is 0 Å². The van der Waals surface area contributed by atoms with Crippen molar-refractivity contribution in [3.05, 3.63) is 34.1 Å². The monoisotopic (exact) mass is 349 g/mol. The van der Waals surface area contributed by atoms with E-state index in [1.54, 1.807) is 12.1 Å². The van der Waals surface area contributed by atoms with E-state index in [4.69, 9.17) is 10.5 Å². The summed E-state index contributed by atoms with van der Waals surface area (Å²) in [6.45, 7) is 0. The summed E-state index contributed by atoms with van der Waals surface area (Å²) in [5.74, 6) is 1.07. The molecule has 5 nitrogen and oxygen atoms in total. The summed E-state index contributed by atoms with van der Waals surface area (Å²) < 4.78 is 5.71. The summed E-state index contributed by atoms with van der Waals surface area (Å²) in [7, 11) is 1.51. The number of methoxy groups -OCH3 is 1. The molecule has 2 aromatic rings. The van der Waals surface area contributed by atoms with E-state index >= 15 is 0 Å². The Morgan fingerprint density at radius 1 is 1.43 bits per heavy atom. The molecule has 6 heteroatoms. The summed E-state index contributed by atoms with van der Waals surface area (Å²) in [6, 6.07) is 3.54. The van der Waals surface area contributed by atoms with Crippen LogP contribution in [0.2, 0.25) is 0 Å². The summed E-state index contributed by atoms with van der Waals surface area (Å²) in [6.07, 6.45) is 4.77. The molecule has 110 valence electrons. The lowest BCUT2D eigenvalue weighted by Gasteiger charge is -2.21. The number of benzene rings is 1. The molecule has 1 unspecified atom stereocenters. The number of halogens is 1. The predicted molar refractivity (Wildman–Crippen MR) is 83.3 cm³/mol. The van der Waals surface area contributed by atoms with Gasteiger partial charge in [-0.15, -0.1) is 0 Å². The summed E-state index contributed by atoms with van der Waals surface area (Å²) in [5.41, 5.74) is 8.93. The SMILES string of the molecule is COc1cc(-c2ncc3c(n2)CCCC3N)cc(Br)c1O. The van der Waals surface area contributed by atoms with Gasteiger partial charge in [-0.05, 0) is 47.3 Å². The van der Waals surface area contributed by atoms with Crippen LogP contribution >= 0.6 is 15.9 Å². The fourth-order valence-electron chi connectivity index (χ4n) is 2.58. The lowest BCUT2D eigenvalue weighted by Crippen LogP contribution is -2.19. The smallest absolute Gasteiger partial charge is 0.172 e. The predicted octanol–water partition coefficient (Wildman–Crippen LogP) is 2.96. The van der Waals surface area contributed by atoms with E-state index in [0.29, 0.717) is 16.0 Å². The minimum Gasteiger partial charge on any atom is -0.503 e. The zero-order chi connectivity index (χ0) is 15.0. The second kappa shape index (κ2) is 5.61. The van der Waals surface area contributed by atoms with Gasteiger partial charge in [-0.2, -0.15) is 0 Å². The van der Waals surface area contributed by atoms with Crippen LogP contribution in [0.3, 0.4) is 0 Å². The van der Waals surface area contributed by atoms with Crippen molar-refractivity contribution in [1.82, 2.24) is 9.97 Å². The number of phenolic OH excluding ortho intramolecular Hbond substituents is 1. The number of rotatable bonds is 2. The average Bonchev–Trinajstić information content (AvgIpc) is 2.50. The standard InChI is InChI=1S/C15H16BrN3O2/c1-21-13-6-8(5-10(16)14(13)20)15-18-7-9-11(17)3-2-4-12(9)19-15/h5-7,11,20H,2-4,17H2,1H3. The Kier molecular flexibility index (Phi) is 3.82. The highest BCUT2D eigenvalue weighted by atomic mass is 79.9. The lowest BCUT2D eigenvalue weighted by molar-refractivity contribution is 0.372. The van der Waals surface area contributed by atoms with Crippen LogP contribution in [-0.4, -0.2) is 22.2 Å². The van der Waals surface area contributed by atoms with Crippen LogP contribution in [-0.2, 0) is 6.42 Å². The molecule has 1 heterocycles. The molecule has 0 spiro atoms. The molecular formula is C15H16BrN3O2. The van der Waals surface area contributed by atoms with Crippen molar-refractivity contribution in [2.45, 2.75) is 25.3 Å². The van der Waals surface area contributed by atoms with Gasteiger partial charge in [0.05, 0.1) is 11.6 Å². The molecule has 0 amide bonds. The van der Waals surface area contributed by atoms with Crippen LogP contribution < -0.4 is 10.5 Å². The third kappa shape index (κ3) is 2.61. The van der Waals surface area contributed by atoms with Gasteiger partial charge in [0.2, 0.25) is 0 Å². The van der Waals surface area contributed by atoms with Crippen LogP contribution in [0, 0.1) is 0 Å². The number of hydrogen-bond donors (Lipinski definition) is 2. The minimum atomic E-state index is 0.0314. The number of phenols is 1. The molecule has 0 radical (unpaired) electrons. The van der Waals surface area contributed by atoms with Crippen LogP contribution in [0.25, 0.3) is 11.4 Å². The maximum atomic E-state index is 9.87. The highest BCUT2D eigenvalue weighted by molar-refractivity contribution is 9.10. The molecule has 1 aliphatic carbocycles. The van der Waals surface area contributed by atoms with E-state index in [9.17, 15) is 5.11 Å². The van der Waals surface area contributed by atoms with Crippen LogP contribution in [0.15, 0.2) is 22.8 Å². The van der Waals surface area contributed by atoms with Crippen LogP contribution in [0.4, 0.5) is 0 Å². The van der Waals surface area contributed by atoms with Gasteiger partial charge in [-0.3, -0.25) is 0 Å². The van der Waals surface area contributed by atoms with E-state index in [1.807, 2.05) is 6.20 Å². The Hall–Kier alpha value is -1.66. The van der Waals surface area contributed by atoms with E-state index in [0.717, 1.165) is 36.1 Å². The normalized spacial score (nSPS) is 17.4. The van der Waals surface area contributed by atoms with E-state index in [1.165, 1.54) is 7.11 Å². The van der Waals surface area contributed by atoms with E-state index in [-0.39, 0.29) is 11.8 Å². The van der Waals surface area contributed by atoms with Crippen molar-refractivity contribution >= 4 is 15.9 Å². The van der Waals surface area contributed by atoms with Gasteiger partial charge >= 0.3 is 0 Å². The first-order chi connectivity index (χ1) is 10.1. The van der Waals surface area contributed by atoms with Gasteiger partial charge in [0.15, 0.2) is 17.3 Å². The topological polar surface area (TPSA) is 81.3 Å². The fourth-order valence-corrected chi connectivity index (χ4v) is 3.02. The molecule has 3 rings (SSSR count). The molecule has 0 bridgehead atoms. The molecule has 1 aliphatic rings. The van der Waals surface area contributed by atoms with Crippen molar-refractivity contribution in [3.8, 4) is 22.9 Å². The van der Waals surface area contributed by atoms with Crippen molar-refractivity contribution in [2.75, 3.05) is 7.11 Å². The number of aryl methyl sites for hydroxylation is 1. The van der Waals surface area contributed by atoms with Gasteiger partial charge < -0.3 is 15.6 Å². The number of aromatic nitrogens is 2. The Morgan fingerprint density at radius 3 is 3.00 bits per heavy atom. The highest BCUT2D eigenvalue weighted by Gasteiger charge is 2.20. The zero-order valence-corrected chi connectivity index (χ0v) is 13.2. The molecule has 0 saturated carbocycles. The van der Waals surface area contributed by atoms with E-state index < -0.39 is 0 Å². The number of nitrogens with zero attached hydrogens (tertiary/aromatic N) is 2. The first kappa shape index (κ1) is 14.3. The maximum absolute atomic E-state index is 9.87. The molecule has 1 atom stereocenters. The quantitative estimate of drug-likeness (QED) is 0.870. The van der Waals surface area contributed by atoms with Gasteiger partial charge in [-0.1, -0.05) is 0 Å². The number of nitrogens with two attached hydrogens (primary N) is 1. The van der Waals surface area contributed by atoms with Gasteiger partial charge in [0.1, 0.15) is 0 Å². The van der Waals surface area contributed by atoms with Gasteiger partial charge in [-0.25, -0.2) is 9.97 Å². The number of aromatic hydroxyl groups is 1. The third-order valence-electron chi connectivity index (χ3n) is 3.73. The lowest BCUT2D eigenvalue weighted by atomic mass is 9.93. The van der Waals surface area contributed by atoms with E-state index in [2.05, 4.69) is 25.9 Å². The largest absolute Gasteiger partial charge is 0.503 e. The summed E-state index contributed by atoms with van der Waals surface area (Å²) in [5, 5.41) is 9.87. The molecule has 0 saturated heterocycles. The number of hydrogen-bond acceptors (Lipinski definition) is 5. The Labute approximate surface area is 131 Å². The molecule has 0 fully saturated rings. The van der Waals surface area contributed by atoms with Gasteiger partial charge in [0.25, 0.3) is 0 Å². The zero-order valence-electron chi connectivity index (χ0n) is 11.6. The van der Waals surface area contributed by atoms with Crippen molar-refractivity contribution in [2.24, 2.45) is 5.73 Å². The average molecular weight is 350 g/mol. The Balaban J connectivity index is 2.07. The van der Waals surface area contributed by atoms with Crippen molar-refractivity contribution in [1.29, 1.82) is 0 Å². The van der Waals surface area contributed by atoms with Crippen LogP contribution in [0.5, 0.6) is 11.5 Å². The number of ether oxygens (including phenoxy) is 1.